The number of likely N-dealkylation sites (N-methyl/N-ethyl adjacent to an activating group) is 1. The molecule has 138 valence electrons. The van der Waals surface area contributed by atoms with Gasteiger partial charge in [-0.25, -0.2) is 13.4 Å². The Morgan fingerprint density at radius 3 is 2.42 bits per heavy atom. The maximum absolute atomic E-state index is 12.7. The molecule has 0 radical (unpaired) electrons. The quantitative estimate of drug-likeness (QED) is 0.810. The first kappa shape index (κ1) is 18.4. The maximum atomic E-state index is 12.7. The second kappa shape index (κ2) is 7.90. The van der Waals surface area contributed by atoms with Crippen LogP contribution in [0, 0.1) is 0 Å². The van der Waals surface area contributed by atoms with Gasteiger partial charge in [0.05, 0.1) is 11.1 Å². The number of benzene rings is 1. The Hall–Kier alpha value is -2.36. The average molecular weight is 375 g/mol. The fraction of sp³-hybridized carbons (Fsp3) is 0.353. The third-order valence-corrected chi connectivity index (χ3v) is 6.19. The zero-order valence-electron chi connectivity index (χ0n) is 14.5. The molecule has 3 rings (SSSR count). The van der Waals surface area contributed by atoms with Crippen molar-refractivity contribution in [2.75, 3.05) is 33.2 Å². The molecule has 0 bridgehead atoms. The van der Waals surface area contributed by atoms with Gasteiger partial charge in [-0.2, -0.15) is 4.31 Å². The van der Waals surface area contributed by atoms with Crippen molar-refractivity contribution in [3.8, 4) is 0 Å². The molecule has 2 heterocycles. The Kier molecular flexibility index (Phi) is 5.60. The molecule has 1 saturated heterocycles. The molecule has 1 aliphatic rings. The molecule has 2 aromatic rings. The number of sulfonamides is 1. The van der Waals surface area contributed by atoms with Crippen LogP contribution < -0.4 is 5.32 Å². The van der Waals surface area contributed by atoms with Gasteiger partial charge in [0.15, 0.2) is 0 Å². The number of nitrogens with zero attached hydrogens (tertiary/aromatic N) is 4. The van der Waals surface area contributed by atoms with Gasteiger partial charge >= 0.3 is 0 Å². The van der Waals surface area contributed by atoms with Crippen molar-refractivity contribution in [1.82, 2.24) is 24.5 Å². The van der Waals surface area contributed by atoms with Gasteiger partial charge in [-0.05, 0) is 24.7 Å². The summed E-state index contributed by atoms with van der Waals surface area (Å²) < 4.78 is 26.9. The van der Waals surface area contributed by atoms with Crippen molar-refractivity contribution in [1.29, 1.82) is 0 Å². The van der Waals surface area contributed by atoms with E-state index in [1.54, 1.807) is 24.3 Å². The van der Waals surface area contributed by atoms with Crippen LogP contribution in [0.2, 0.25) is 0 Å². The molecule has 0 aliphatic carbocycles. The van der Waals surface area contributed by atoms with Gasteiger partial charge in [0.1, 0.15) is 5.69 Å². The standard InChI is InChI=1S/C17H21N5O3S/c1-21-8-10-22(11-9-21)26(24,25)15-4-2-14(3-5-15)12-20-17(23)16-13-18-6-7-19-16/h2-7,13H,8-12H2,1H3,(H,20,23). The number of amides is 1. The predicted octanol–water partition coefficient (Wildman–Crippen LogP) is 0.343. The van der Waals surface area contributed by atoms with Crippen molar-refractivity contribution < 1.29 is 13.2 Å². The van der Waals surface area contributed by atoms with Gasteiger partial charge in [0, 0.05) is 45.1 Å². The average Bonchev–Trinajstić information content (AvgIpc) is 2.67. The summed E-state index contributed by atoms with van der Waals surface area (Å²) in [6.07, 6.45) is 4.34. The van der Waals surface area contributed by atoms with Gasteiger partial charge in [0.2, 0.25) is 10.0 Å². The topological polar surface area (TPSA) is 95.5 Å². The number of piperazine rings is 1. The van der Waals surface area contributed by atoms with Crippen molar-refractivity contribution in [3.05, 3.63) is 54.1 Å². The van der Waals surface area contributed by atoms with Crippen LogP contribution in [0.4, 0.5) is 0 Å². The maximum Gasteiger partial charge on any atom is 0.271 e. The van der Waals surface area contributed by atoms with E-state index in [0.717, 1.165) is 18.7 Å². The van der Waals surface area contributed by atoms with E-state index < -0.39 is 10.0 Å². The second-order valence-corrected chi connectivity index (χ2v) is 8.06. The molecular weight excluding hydrogens is 354 g/mol. The lowest BCUT2D eigenvalue weighted by atomic mass is 10.2. The Bertz CT molecular complexity index is 848. The van der Waals surface area contributed by atoms with Crippen LogP contribution >= 0.6 is 0 Å². The molecule has 1 amide bonds. The third kappa shape index (κ3) is 4.24. The van der Waals surface area contributed by atoms with Gasteiger partial charge in [-0.15, -0.1) is 0 Å². The Morgan fingerprint density at radius 1 is 1.12 bits per heavy atom. The fourth-order valence-corrected chi connectivity index (χ4v) is 4.07. The van der Waals surface area contributed by atoms with E-state index in [2.05, 4.69) is 20.2 Å². The van der Waals surface area contributed by atoms with E-state index in [-0.39, 0.29) is 23.0 Å². The molecule has 9 heteroatoms. The van der Waals surface area contributed by atoms with Gasteiger partial charge in [-0.3, -0.25) is 9.78 Å². The number of hydrogen-bond acceptors (Lipinski definition) is 6. The van der Waals surface area contributed by atoms with Gasteiger partial charge in [0.25, 0.3) is 5.91 Å². The monoisotopic (exact) mass is 375 g/mol. The number of carbonyl (C=O) groups is 1. The summed E-state index contributed by atoms with van der Waals surface area (Å²) in [5.74, 6) is -0.327. The normalized spacial score (nSPS) is 16.3. The van der Waals surface area contributed by atoms with E-state index in [0.29, 0.717) is 13.1 Å². The molecular formula is C17H21N5O3S. The number of rotatable bonds is 5. The molecule has 1 fully saturated rings. The smallest absolute Gasteiger partial charge is 0.271 e. The van der Waals surface area contributed by atoms with E-state index in [1.165, 1.54) is 22.9 Å². The summed E-state index contributed by atoms with van der Waals surface area (Å²) >= 11 is 0. The summed E-state index contributed by atoms with van der Waals surface area (Å²) in [6.45, 7) is 2.73. The van der Waals surface area contributed by atoms with Crippen molar-refractivity contribution >= 4 is 15.9 Å². The molecule has 0 atom stereocenters. The first-order valence-corrected chi connectivity index (χ1v) is 9.73. The SMILES string of the molecule is CN1CCN(S(=O)(=O)c2ccc(CNC(=O)c3cnccn3)cc2)CC1. The van der Waals surface area contributed by atoms with Crippen LogP contribution in [0.15, 0.2) is 47.8 Å². The van der Waals surface area contributed by atoms with Crippen LogP contribution in [0.1, 0.15) is 16.1 Å². The lowest BCUT2D eigenvalue weighted by Crippen LogP contribution is -2.47. The van der Waals surface area contributed by atoms with E-state index in [9.17, 15) is 13.2 Å². The first-order valence-electron chi connectivity index (χ1n) is 8.28. The second-order valence-electron chi connectivity index (χ2n) is 6.12. The lowest BCUT2D eigenvalue weighted by Gasteiger charge is -2.31. The minimum absolute atomic E-state index is 0.238. The summed E-state index contributed by atoms with van der Waals surface area (Å²) in [5, 5.41) is 2.73. The summed E-state index contributed by atoms with van der Waals surface area (Å²) in [7, 11) is -1.50. The van der Waals surface area contributed by atoms with Crippen LogP contribution in [0.5, 0.6) is 0 Å². The summed E-state index contributed by atoms with van der Waals surface area (Å²) in [4.78, 5) is 22.1. The Balaban J connectivity index is 1.62. The zero-order valence-corrected chi connectivity index (χ0v) is 15.3. The van der Waals surface area contributed by atoms with E-state index >= 15 is 0 Å². The van der Waals surface area contributed by atoms with Crippen molar-refractivity contribution in [3.63, 3.8) is 0 Å². The fourth-order valence-electron chi connectivity index (χ4n) is 2.65. The van der Waals surface area contributed by atoms with E-state index in [4.69, 9.17) is 0 Å². The summed E-state index contributed by atoms with van der Waals surface area (Å²) in [6, 6.07) is 6.58. The van der Waals surface area contributed by atoms with Gasteiger partial charge in [-0.1, -0.05) is 12.1 Å². The molecule has 26 heavy (non-hydrogen) atoms. The molecule has 8 nitrogen and oxygen atoms in total. The molecule has 0 spiro atoms. The highest BCUT2D eigenvalue weighted by Gasteiger charge is 2.27. The largest absolute Gasteiger partial charge is 0.347 e. The van der Waals surface area contributed by atoms with Gasteiger partial charge < -0.3 is 10.2 Å². The Morgan fingerprint density at radius 2 is 1.81 bits per heavy atom. The molecule has 0 unspecified atom stereocenters. The van der Waals surface area contributed by atoms with Crippen LogP contribution in [0.3, 0.4) is 0 Å². The highest BCUT2D eigenvalue weighted by molar-refractivity contribution is 7.89. The number of aromatic nitrogens is 2. The number of nitrogens with one attached hydrogen (secondary N) is 1. The molecule has 1 aromatic carbocycles. The molecule has 0 saturated carbocycles. The van der Waals surface area contributed by atoms with Crippen LogP contribution in [-0.2, 0) is 16.6 Å². The number of carbonyl (C=O) groups excluding carboxylic acids is 1. The van der Waals surface area contributed by atoms with E-state index in [1.807, 2.05) is 7.05 Å². The third-order valence-electron chi connectivity index (χ3n) is 4.27. The predicted molar refractivity (Wildman–Crippen MR) is 95.9 cm³/mol. The minimum Gasteiger partial charge on any atom is -0.347 e. The van der Waals surface area contributed by atoms with Crippen LogP contribution in [-0.4, -0.2) is 66.7 Å². The van der Waals surface area contributed by atoms with Crippen molar-refractivity contribution in [2.24, 2.45) is 0 Å². The first-order chi connectivity index (χ1) is 12.5. The Labute approximate surface area is 152 Å². The highest BCUT2D eigenvalue weighted by atomic mass is 32.2. The van der Waals surface area contributed by atoms with Crippen LogP contribution in [0.25, 0.3) is 0 Å². The molecule has 1 aromatic heterocycles. The molecule has 1 aliphatic heterocycles. The number of hydrogen-bond donors (Lipinski definition) is 1. The zero-order chi connectivity index (χ0) is 18.6. The summed E-state index contributed by atoms with van der Waals surface area (Å²) in [5.41, 5.74) is 1.04. The highest BCUT2D eigenvalue weighted by Crippen LogP contribution is 2.18. The molecule has 1 N–H and O–H groups in total. The lowest BCUT2D eigenvalue weighted by molar-refractivity contribution is 0.0945. The minimum atomic E-state index is -3.48. The van der Waals surface area contributed by atoms with Crippen molar-refractivity contribution in [2.45, 2.75) is 11.4 Å².